The molecular formula is C27H31F3N6O6. The second kappa shape index (κ2) is 12.4. The van der Waals surface area contributed by atoms with Gasteiger partial charge in [-0.1, -0.05) is 18.1 Å². The van der Waals surface area contributed by atoms with Crippen molar-refractivity contribution < 1.29 is 43.1 Å². The predicted octanol–water partition coefficient (Wildman–Crippen LogP) is 0.816. The summed E-state index contributed by atoms with van der Waals surface area (Å²) in [5.74, 6) is -5.24. The van der Waals surface area contributed by atoms with Crippen molar-refractivity contribution in [3.8, 4) is 11.3 Å². The third kappa shape index (κ3) is 5.74. The Kier molecular flexibility index (Phi) is 8.84. The van der Waals surface area contributed by atoms with Crippen LogP contribution < -0.4 is 0 Å². The standard InChI is InChI=1S/C27H31F3N6O6/c1-13-15(8-31-12-32-13)9-35(19-4-2-3-5-20(19)38)27(41)26-25(40)23(24(39)21(11-37)42-26)36-10-18(33-34-36)14-6-16(28)22(30)17(29)7-14/h6-8,10,12,19-21,23-26,37-40H,2-5,9,11H2,1H3/t19-,20-,21+,23-,24-,25+,26+/m0/s1. The molecule has 4 N–H and O–H groups in total. The quantitative estimate of drug-likeness (QED) is 0.289. The first-order valence-electron chi connectivity index (χ1n) is 13.5. The molecule has 0 unspecified atom stereocenters. The van der Waals surface area contributed by atoms with Gasteiger partial charge >= 0.3 is 0 Å². The molecule has 0 spiro atoms. The fourth-order valence-electron chi connectivity index (χ4n) is 5.61. The van der Waals surface area contributed by atoms with E-state index < -0.39 is 72.6 Å². The zero-order valence-corrected chi connectivity index (χ0v) is 22.6. The number of aromatic nitrogens is 5. The maximum atomic E-state index is 14.1. The Morgan fingerprint density at radius 2 is 1.83 bits per heavy atom. The zero-order valence-electron chi connectivity index (χ0n) is 22.6. The highest BCUT2D eigenvalue weighted by molar-refractivity contribution is 5.82. The number of hydrogen-bond acceptors (Lipinski definition) is 10. The van der Waals surface area contributed by atoms with Crippen LogP contribution in [0.25, 0.3) is 11.3 Å². The van der Waals surface area contributed by atoms with Crippen LogP contribution in [-0.4, -0.2) is 99.4 Å². The van der Waals surface area contributed by atoms with Crippen molar-refractivity contribution in [1.29, 1.82) is 0 Å². The van der Waals surface area contributed by atoms with E-state index in [9.17, 15) is 38.4 Å². The summed E-state index contributed by atoms with van der Waals surface area (Å²) in [6, 6.07) is -0.563. The highest BCUT2D eigenvalue weighted by Gasteiger charge is 2.50. The summed E-state index contributed by atoms with van der Waals surface area (Å²) in [5.41, 5.74) is 0.971. The van der Waals surface area contributed by atoms with Crippen LogP contribution in [-0.2, 0) is 16.1 Å². The molecule has 226 valence electrons. The molecule has 3 aromatic rings. The third-order valence-corrected chi connectivity index (χ3v) is 7.96. The van der Waals surface area contributed by atoms with Gasteiger partial charge in [0.1, 0.15) is 36.4 Å². The average molecular weight is 593 g/mol. The van der Waals surface area contributed by atoms with Gasteiger partial charge in [-0.15, -0.1) is 5.10 Å². The van der Waals surface area contributed by atoms with Crippen LogP contribution in [0.15, 0.2) is 30.9 Å². The summed E-state index contributed by atoms with van der Waals surface area (Å²) in [7, 11) is 0. The Morgan fingerprint density at radius 3 is 2.50 bits per heavy atom. The largest absolute Gasteiger partial charge is 0.394 e. The molecule has 1 amide bonds. The van der Waals surface area contributed by atoms with Gasteiger partial charge in [-0.2, -0.15) is 0 Å². The van der Waals surface area contributed by atoms with Gasteiger partial charge in [0.05, 0.1) is 24.9 Å². The normalized spacial score (nSPS) is 28.0. The number of aryl methyl sites for hydroxylation is 1. The minimum absolute atomic E-state index is 0.00595. The lowest BCUT2D eigenvalue weighted by atomic mass is 9.88. The minimum atomic E-state index is -1.73. The summed E-state index contributed by atoms with van der Waals surface area (Å²) in [5, 5.41) is 50.9. The molecule has 3 heterocycles. The fraction of sp³-hybridized carbons (Fsp3) is 0.519. The van der Waals surface area contributed by atoms with E-state index in [1.165, 1.54) is 11.2 Å². The van der Waals surface area contributed by atoms with Crippen LogP contribution in [0, 0.1) is 24.4 Å². The van der Waals surface area contributed by atoms with E-state index in [0.29, 0.717) is 24.1 Å². The average Bonchev–Trinajstić information content (AvgIpc) is 3.45. The SMILES string of the molecule is Cc1ncncc1CN(C(=O)[C@@H]1O[C@H](CO)[C@H](O)[C@H](n2cc(-c3cc(F)c(F)c(F)c3)nn2)[C@H]1O)[C@H]1CCCC[C@@H]1O. The third-order valence-electron chi connectivity index (χ3n) is 7.96. The van der Waals surface area contributed by atoms with Crippen molar-refractivity contribution in [3.63, 3.8) is 0 Å². The predicted molar refractivity (Wildman–Crippen MR) is 138 cm³/mol. The number of aliphatic hydroxyl groups is 4. The number of rotatable bonds is 7. The lowest BCUT2D eigenvalue weighted by Crippen LogP contribution is -2.62. The second-order valence-corrected chi connectivity index (χ2v) is 10.6. The number of hydrogen-bond donors (Lipinski definition) is 4. The summed E-state index contributed by atoms with van der Waals surface area (Å²) < 4.78 is 47.8. The summed E-state index contributed by atoms with van der Waals surface area (Å²) >= 11 is 0. The molecule has 7 atom stereocenters. The molecule has 1 aliphatic carbocycles. The molecule has 2 aromatic heterocycles. The topological polar surface area (TPSA) is 167 Å². The van der Waals surface area contributed by atoms with Gasteiger partial charge in [0, 0.05) is 29.6 Å². The van der Waals surface area contributed by atoms with E-state index >= 15 is 0 Å². The first-order valence-corrected chi connectivity index (χ1v) is 13.5. The van der Waals surface area contributed by atoms with Gasteiger partial charge in [-0.05, 0) is 31.9 Å². The second-order valence-electron chi connectivity index (χ2n) is 10.6. The van der Waals surface area contributed by atoms with Gasteiger partial charge < -0.3 is 30.1 Å². The molecule has 1 saturated heterocycles. The minimum Gasteiger partial charge on any atom is -0.394 e. The highest BCUT2D eigenvalue weighted by Crippen LogP contribution is 2.34. The fourth-order valence-corrected chi connectivity index (χ4v) is 5.61. The first-order chi connectivity index (χ1) is 20.1. The van der Waals surface area contributed by atoms with E-state index in [1.807, 2.05) is 0 Å². The van der Waals surface area contributed by atoms with Gasteiger partial charge in [0.2, 0.25) is 0 Å². The monoisotopic (exact) mass is 592 g/mol. The van der Waals surface area contributed by atoms with Gasteiger partial charge in [0.25, 0.3) is 5.91 Å². The van der Waals surface area contributed by atoms with Crippen LogP contribution in [0.4, 0.5) is 13.2 Å². The Hall–Kier alpha value is -3.50. The van der Waals surface area contributed by atoms with Crippen LogP contribution in [0.5, 0.6) is 0 Å². The van der Waals surface area contributed by atoms with E-state index in [1.54, 1.807) is 13.1 Å². The molecule has 1 aliphatic heterocycles. The lowest BCUT2D eigenvalue weighted by Gasteiger charge is -2.45. The molecule has 42 heavy (non-hydrogen) atoms. The highest BCUT2D eigenvalue weighted by atomic mass is 19.2. The Bertz CT molecular complexity index is 1410. The first kappa shape index (κ1) is 30.0. The van der Waals surface area contributed by atoms with Crippen LogP contribution >= 0.6 is 0 Å². The van der Waals surface area contributed by atoms with Crippen molar-refractivity contribution in [2.75, 3.05) is 6.61 Å². The molecule has 5 rings (SSSR count). The maximum Gasteiger partial charge on any atom is 0.255 e. The van der Waals surface area contributed by atoms with Crippen LogP contribution in [0.1, 0.15) is 43.0 Å². The number of benzene rings is 1. The molecule has 15 heteroatoms. The van der Waals surface area contributed by atoms with Crippen molar-refractivity contribution in [2.24, 2.45) is 0 Å². The summed E-state index contributed by atoms with van der Waals surface area (Å²) in [6.45, 7) is 1.03. The van der Waals surface area contributed by atoms with Crippen LogP contribution in [0.3, 0.4) is 0 Å². The van der Waals surface area contributed by atoms with Crippen molar-refractivity contribution in [1.82, 2.24) is 29.9 Å². The molecule has 1 aromatic carbocycles. The number of aliphatic hydroxyl groups excluding tert-OH is 4. The number of halogens is 3. The van der Waals surface area contributed by atoms with E-state index in [-0.39, 0.29) is 17.8 Å². The molecule has 1 saturated carbocycles. The lowest BCUT2D eigenvalue weighted by molar-refractivity contribution is -0.214. The molecule has 2 fully saturated rings. The van der Waals surface area contributed by atoms with Crippen molar-refractivity contribution >= 4 is 5.91 Å². The molecule has 12 nitrogen and oxygen atoms in total. The number of amides is 1. The number of carbonyl (C=O) groups is 1. The molecule has 0 radical (unpaired) electrons. The number of carbonyl (C=O) groups excluding carboxylic acids is 1. The Balaban J connectivity index is 1.48. The van der Waals surface area contributed by atoms with E-state index in [4.69, 9.17) is 4.74 Å². The van der Waals surface area contributed by atoms with Gasteiger partial charge in [0.15, 0.2) is 23.6 Å². The van der Waals surface area contributed by atoms with Crippen LogP contribution in [0.2, 0.25) is 0 Å². The molecule has 0 bridgehead atoms. The number of nitrogens with zero attached hydrogens (tertiary/aromatic N) is 6. The molecule has 2 aliphatic rings. The maximum absolute atomic E-state index is 14.1. The molecular weight excluding hydrogens is 561 g/mol. The van der Waals surface area contributed by atoms with Crippen molar-refractivity contribution in [2.45, 2.75) is 81.8 Å². The van der Waals surface area contributed by atoms with E-state index in [0.717, 1.165) is 35.9 Å². The summed E-state index contributed by atoms with van der Waals surface area (Å²) in [6.07, 6.45) is -0.492. The zero-order chi connectivity index (χ0) is 30.1. The Morgan fingerprint density at radius 1 is 1.12 bits per heavy atom. The van der Waals surface area contributed by atoms with Gasteiger partial charge in [-0.25, -0.2) is 27.8 Å². The smallest absolute Gasteiger partial charge is 0.255 e. The van der Waals surface area contributed by atoms with Crippen molar-refractivity contribution in [3.05, 3.63) is 59.6 Å². The Labute approximate surface area is 238 Å². The number of ether oxygens (including phenoxy) is 1. The van der Waals surface area contributed by atoms with E-state index in [2.05, 4.69) is 20.3 Å². The summed E-state index contributed by atoms with van der Waals surface area (Å²) in [4.78, 5) is 23.7. The van der Waals surface area contributed by atoms with Gasteiger partial charge in [-0.3, -0.25) is 4.79 Å².